The van der Waals surface area contributed by atoms with Crippen molar-refractivity contribution in [1.29, 1.82) is 0 Å². The summed E-state index contributed by atoms with van der Waals surface area (Å²) >= 11 is 0. The molecule has 4 fully saturated rings. The number of hydrogen-bond donors (Lipinski definition) is 0. The van der Waals surface area contributed by atoms with Crippen LogP contribution in [0.25, 0.3) is 82.8 Å². The van der Waals surface area contributed by atoms with Gasteiger partial charge in [0.1, 0.15) is 0 Å². The Bertz CT molecular complexity index is 2780. The minimum atomic E-state index is 0.403. The van der Waals surface area contributed by atoms with Gasteiger partial charge in [0.25, 0.3) is 0 Å². The van der Waals surface area contributed by atoms with Crippen LogP contribution in [0.1, 0.15) is 44.1 Å². The molecular weight excluding hydrogens is 681 g/mol. The van der Waals surface area contributed by atoms with Gasteiger partial charge in [-0.15, -0.1) is 0 Å². The second-order valence-corrected chi connectivity index (χ2v) is 16.6. The zero-order valence-corrected chi connectivity index (χ0v) is 31.2. The van der Waals surface area contributed by atoms with Gasteiger partial charge >= 0.3 is 0 Å². The van der Waals surface area contributed by atoms with E-state index in [2.05, 4.69) is 126 Å². The van der Waals surface area contributed by atoms with E-state index in [1.807, 2.05) is 30.3 Å². The van der Waals surface area contributed by atoms with Gasteiger partial charge in [0.05, 0.1) is 6.57 Å². The monoisotopic (exact) mass is 720 g/mol. The third kappa shape index (κ3) is 5.69. The van der Waals surface area contributed by atoms with Crippen LogP contribution in [0.4, 0.5) is 5.69 Å². The van der Waals surface area contributed by atoms with Gasteiger partial charge in [0, 0.05) is 16.7 Å². The van der Waals surface area contributed by atoms with Crippen molar-refractivity contribution in [2.75, 3.05) is 0 Å². The van der Waals surface area contributed by atoms with Crippen LogP contribution in [0.15, 0.2) is 152 Å². The molecule has 4 aliphatic rings. The van der Waals surface area contributed by atoms with Crippen LogP contribution < -0.4 is 0 Å². The summed E-state index contributed by atoms with van der Waals surface area (Å²) in [5, 5.41) is 4.81. The van der Waals surface area contributed by atoms with Crippen molar-refractivity contribution in [3.8, 4) is 56.4 Å². The zero-order valence-electron chi connectivity index (χ0n) is 31.2. The highest BCUT2D eigenvalue weighted by Crippen LogP contribution is 2.60. The second-order valence-electron chi connectivity index (χ2n) is 16.6. The SMILES string of the molecule is [C-]#[N+]c1ccc(-c2nc(-c3ccc(-c4ccccc4)cc3)nc(-c3ccc4ccc5c(-c6ccc(C78CC9CC(CC(C9)C7)C8)cc6)cccc5c4c3)n2)cc1. The Hall–Kier alpha value is -6.44. The molecule has 0 aliphatic heterocycles. The Morgan fingerprint density at radius 1 is 0.446 bits per heavy atom. The number of hydrogen-bond acceptors (Lipinski definition) is 3. The number of rotatable bonds is 6. The summed E-state index contributed by atoms with van der Waals surface area (Å²) in [5.41, 5.74) is 10.1. The molecule has 4 nitrogen and oxygen atoms in total. The van der Waals surface area contributed by atoms with E-state index in [4.69, 9.17) is 21.5 Å². The Morgan fingerprint density at radius 3 is 1.62 bits per heavy atom. The van der Waals surface area contributed by atoms with Gasteiger partial charge in [-0.1, -0.05) is 146 Å². The predicted octanol–water partition coefficient (Wildman–Crippen LogP) is 13.5. The Labute approximate surface area is 327 Å². The first-order valence-electron chi connectivity index (χ1n) is 20.0. The number of benzene rings is 7. The van der Waals surface area contributed by atoms with Crippen LogP contribution in [0.2, 0.25) is 0 Å². The maximum Gasteiger partial charge on any atom is 0.187 e. The van der Waals surface area contributed by atoms with Crippen LogP contribution >= 0.6 is 0 Å². The molecule has 12 rings (SSSR count). The van der Waals surface area contributed by atoms with Gasteiger partial charge in [-0.3, -0.25) is 0 Å². The van der Waals surface area contributed by atoms with Crippen molar-refractivity contribution in [3.63, 3.8) is 0 Å². The molecule has 4 aliphatic carbocycles. The first-order chi connectivity index (χ1) is 27.6. The van der Waals surface area contributed by atoms with E-state index in [1.54, 1.807) is 5.56 Å². The highest BCUT2D eigenvalue weighted by Gasteiger charge is 2.51. The van der Waals surface area contributed by atoms with Gasteiger partial charge in [0.2, 0.25) is 0 Å². The van der Waals surface area contributed by atoms with Crippen molar-refractivity contribution >= 4 is 27.2 Å². The maximum absolute atomic E-state index is 7.44. The Kier molecular flexibility index (Phi) is 7.71. The summed E-state index contributed by atoms with van der Waals surface area (Å²) in [6, 6.07) is 53.7. The molecule has 0 spiro atoms. The van der Waals surface area contributed by atoms with Crippen molar-refractivity contribution in [3.05, 3.63) is 169 Å². The summed E-state index contributed by atoms with van der Waals surface area (Å²) in [4.78, 5) is 18.7. The van der Waals surface area contributed by atoms with Gasteiger partial charge < -0.3 is 0 Å². The average molecular weight is 721 g/mol. The van der Waals surface area contributed by atoms with E-state index >= 15 is 0 Å². The fourth-order valence-electron chi connectivity index (χ4n) is 10.8. The molecule has 0 radical (unpaired) electrons. The van der Waals surface area contributed by atoms with Gasteiger partial charge in [-0.25, -0.2) is 19.8 Å². The zero-order chi connectivity index (χ0) is 37.2. The molecule has 1 aromatic heterocycles. The van der Waals surface area contributed by atoms with E-state index in [9.17, 15) is 0 Å². The summed E-state index contributed by atoms with van der Waals surface area (Å²) in [5.74, 6) is 4.62. The van der Waals surface area contributed by atoms with E-state index in [0.717, 1.165) is 45.6 Å². The van der Waals surface area contributed by atoms with E-state index in [-0.39, 0.29) is 0 Å². The average Bonchev–Trinajstić information content (AvgIpc) is 3.26. The molecule has 7 aromatic carbocycles. The first kappa shape index (κ1) is 32.9. The molecular formula is C52H40N4. The lowest BCUT2D eigenvalue weighted by atomic mass is 9.48. The summed E-state index contributed by atoms with van der Waals surface area (Å²) in [6.07, 6.45) is 8.58. The van der Waals surface area contributed by atoms with Crippen molar-refractivity contribution < 1.29 is 0 Å². The third-order valence-electron chi connectivity index (χ3n) is 13.1. The largest absolute Gasteiger partial charge is 0.238 e. The summed E-state index contributed by atoms with van der Waals surface area (Å²) in [6.45, 7) is 7.44. The van der Waals surface area contributed by atoms with Gasteiger partial charge in [0.15, 0.2) is 23.2 Å². The minimum Gasteiger partial charge on any atom is -0.238 e. The Morgan fingerprint density at radius 2 is 0.982 bits per heavy atom. The molecule has 0 saturated heterocycles. The fourth-order valence-corrected chi connectivity index (χ4v) is 10.8. The Balaban J connectivity index is 0.985. The van der Waals surface area contributed by atoms with Crippen LogP contribution in [0, 0.1) is 24.3 Å². The maximum atomic E-state index is 7.44. The number of fused-ring (bicyclic) bond motifs is 3. The number of aromatic nitrogens is 3. The van der Waals surface area contributed by atoms with Crippen LogP contribution in [0.3, 0.4) is 0 Å². The summed E-state index contributed by atoms with van der Waals surface area (Å²) in [7, 11) is 0. The molecule has 0 N–H and O–H groups in total. The molecule has 0 atom stereocenters. The topological polar surface area (TPSA) is 43.0 Å². The molecule has 4 saturated carbocycles. The van der Waals surface area contributed by atoms with Crippen LogP contribution in [-0.4, -0.2) is 15.0 Å². The molecule has 1 heterocycles. The quantitative estimate of drug-likeness (QED) is 0.127. The first-order valence-corrected chi connectivity index (χ1v) is 20.0. The standard InChI is InChI=1S/C52H40N4/c1-53-44-23-18-41(19-24-44)50-54-49(40-13-10-37(11-14-40)36-6-3-2-4-7-36)55-51(56-50)42-15-12-39-20-25-47-45(8-5-9-46(47)48(39)29-42)38-16-21-43(22-17-38)52-30-33-26-34(31-52)28-35(27-33)32-52/h2-25,29,33-35H,26-28,30-32H2. The summed E-state index contributed by atoms with van der Waals surface area (Å²) < 4.78 is 0. The van der Waals surface area contributed by atoms with Crippen LogP contribution in [0.5, 0.6) is 0 Å². The van der Waals surface area contributed by atoms with Crippen molar-refractivity contribution in [2.45, 2.75) is 43.9 Å². The fraction of sp³-hybridized carbons (Fsp3) is 0.192. The minimum absolute atomic E-state index is 0.403. The molecule has 8 aromatic rings. The van der Waals surface area contributed by atoms with E-state index in [1.165, 1.54) is 71.2 Å². The predicted molar refractivity (Wildman–Crippen MR) is 228 cm³/mol. The third-order valence-corrected chi connectivity index (χ3v) is 13.1. The van der Waals surface area contributed by atoms with Gasteiger partial charge in [-0.2, -0.15) is 0 Å². The lowest BCUT2D eigenvalue weighted by Crippen LogP contribution is -2.48. The van der Waals surface area contributed by atoms with Crippen molar-refractivity contribution in [1.82, 2.24) is 15.0 Å². The highest BCUT2D eigenvalue weighted by atomic mass is 15.0. The lowest BCUT2D eigenvalue weighted by Gasteiger charge is -2.57. The molecule has 4 bridgehead atoms. The lowest BCUT2D eigenvalue weighted by molar-refractivity contribution is -0.00518. The van der Waals surface area contributed by atoms with Crippen LogP contribution in [-0.2, 0) is 5.41 Å². The van der Waals surface area contributed by atoms with E-state index in [0.29, 0.717) is 28.6 Å². The highest BCUT2D eigenvalue weighted by molar-refractivity contribution is 6.12. The van der Waals surface area contributed by atoms with Gasteiger partial charge in [-0.05, 0) is 117 Å². The molecule has 0 amide bonds. The van der Waals surface area contributed by atoms with E-state index < -0.39 is 0 Å². The molecule has 4 heteroatoms. The van der Waals surface area contributed by atoms with Crippen molar-refractivity contribution in [2.24, 2.45) is 17.8 Å². The molecule has 268 valence electrons. The number of nitrogens with zero attached hydrogens (tertiary/aromatic N) is 4. The molecule has 56 heavy (non-hydrogen) atoms. The normalized spacial score (nSPS) is 21.0. The molecule has 0 unspecified atom stereocenters. The second kappa shape index (κ2) is 13.1. The smallest absolute Gasteiger partial charge is 0.187 e.